The van der Waals surface area contributed by atoms with Crippen LogP contribution in [0.5, 0.6) is 0 Å². The van der Waals surface area contributed by atoms with Gasteiger partial charge in [-0.15, -0.1) is 0 Å². The fourth-order valence-corrected chi connectivity index (χ4v) is 2.78. The summed E-state index contributed by atoms with van der Waals surface area (Å²) in [6, 6.07) is 0. The molecule has 0 aromatic carbocycles. The number of rotatable bonds is 4. The van der Waals surface area contributed by atoms with Crippen molar-refractivity contribution in [1.82, 2.24) is 19.3 Å². The van der Waals surface area contributed by atoms with E-state index < -0.39 is 10.0 Å². The number of imidazole rings is 1. The highest BCUT2D eigenvalue weighted by Gasteiger charge is 2.21. The molecule has 1 N–H and O–H groups in total. The fraction of sp³-hybridized carbons (Fsp3) is 0.455. The van der Waals surface area contributed by atoms with Crippen LogP contribution in [0, 0.1) is 0 Å². The van der Waals surface area contributed by atoms with Gasteiger partial charge in [0.1, 0.15) is 0 Å². The van der Waals surface area contributed by atoms with Gasteiger partial charge in [-0.2, -0.15) is 13.5 Å². The van der Waals surface area contributed by atoms with E-state index in [0.717, 1.165) is 0 Å². The number of hydrogen-bond acceptors (Lipinski definition) is 4. The molecule has 0 atom stereocenters. The van der Waals surface area contributed by atoms with E-state index in [2.05, 4.69) is 14.8 Å². The molecule has 0 radical (unpaired) electrons. The Labute approximate surface area is 112 Å². The molecule has 2 rings (SSSR count). The third-order valence-electron chi connectivity index (χ3n) is 2.61. The zero-order valence-electron chi connectivity index (χ0n) is 11.3. The molecular formula is C11H17N5O2S. The van der Waals surface area contributed by atoms with Gasteiger partial charge < -0.3 is 4.57 Å². The minimum absolute atomic E-state index is 0.00596. The lowest BCUT2D eigenvalue weighted by atomic mass is 10.1. The maximum absolute atomic E-state index is 12.2. The summed E-state index contributed by atoms with van der Waals surface area (Å²) in [4.78, 5) is 3.85. The molecule has 2 aromatic heterocycles. The number of sulfonamides is 1. The second-order valence-electron chi connectivity index (χ2n) is 4.74. The van der Waals surface area contributed by atoms with Crippen LogP contribution in [0.25, 0.3) is 0 Å². The Balaban J connectivity index is 2.35. The molecule has 0 bridgehead atoms. The van der Waals surface area contributed by atoms with Gasteiger partial charge in [-0.05, 0) is 5.92 Å². The van der Waals surface area contributed by atoms with Gasteiger partial charge in [-0.1, -0.05) is 13.8 Å². The monoisotopic (exact) mass is 283 g/mol. The van der Waals surface area contributed by atoms with Gasteiger partial charge in [0.05, 0.1) is 17.7 Å². The van der Waals surface area contributed by atoms with Gasteiger partial charge in [0.15, 0.2) is 5.03 Å². The molecule has 0 saturated heterocycles. The average molecular weight is 283 g/mol. The molecule has 19 heavy (non-hydrogen) atoms. The zero-order valence-corrected chi connectivity index (χ0v) is 12.1. The van der Waals surface area contributed by atoms with Gasteiger partial charge in [0, 0.05) is 26.5 Å². The topological polar surface area (TPSA) is 81.8 Å². The lowest BCUT2D eigenvalue weighted by Gasteiger charge is -2.07. The Bertz CT molecular complexity index is 684. The Hall–Kier alpha value is -1.83. The first-order valence-corrected chi connectivity index (χ1v) is 7.32. The van der Waals surface area contributed by atoms with E-state index in [4.69, 9.17) is 0 Å². The smallest absolute Gasteiger partial charge is 0.281 e. The largest absolute Gasteiger partial charge is 0.339 e. The standard InChI is InChI=1S/C11H17N5O2S/c1-8(2)11-9(5-16(4)13-11)14-19(17,18)10-6-15(3)7-12-10/h5-8,14H,1-4H3. The number of aryl methyl sites for hydroxylation is 2. The first kappa shape index (κ1) is 13.6. The van der Waals surface area contributed by atoms with Gasteiger partial charge in [-0.25, -0.2) is 4.98 Å². The van der Waals surface area contributed by atoms with Crippen molar-refractivity contribution in [2.24, 2.45) is 14.1 Å². The normalized spacial score (nSPS) is 12.1. The highest BCUT2D eigenvalue weighted by Crippen LogP contribution is 2.24. The molecule has 0 aliphatic rings. The SMILES string of the molecule is CC(C)c1nn(C)cc1NS(=O)(=O)c1cn(C)cn1. The molecule has 0 amide bonds. The van der Waals surface area contributed by atoms with Crippen LogP contribution in [-0.4, -0.2) is 27.7 Å². The molecule has 0 fully saturated rings. The van der Waals surface area contributed by atoms with Crippen molar-refractivity contribution in [3.05, 3.63) is 24.4 Å². The van der Waals surface area contributed by atoms with E-state index in [1.54, 1.807) is 29.5 Å². The summed E-state index contributed by atoms with van der Waals surface area (Å²) in [7, 11) is -0.198. The first-order chi connectivity index (χ1) is 8.79. The number of anilines is 1. The summed E-state index contributed by atoms with van der Waals surface area (Å²) >= 11 is 0. The predicted molar refractivity (Wildman–Crippen MR) is 71.3 cm³/mol. The molecular weight excluding hydrogens is 266 g/mol. The highest BCUT2D eigenvalue weighted by molar-refractivity contribution is 7.92. The van der Waals surface area contributed by atoms with Crippen LogP contribution in [-0.2, 0) is 24.1 Å². The fourth-order valence-electron chi connectivity index (χ4n) is 1.74. The lowest BCUT2D eigenvalue weighted by Crippen LogP contribution is -2.14. The molecule has 0 aliphatic heterocycles. The van der Waals surface area contributed by atoms with E-state index in [1.165, 1.54) is 12.5 Å². The van der Waals surface area contributed by atoms with E-state index >= 15 is 0 Å². The molecule has 2 heterocycles. The van der Waals surface area contributed by atoms with Crippen molar-refractivity contribution >= 4 is 15.7 Å². The van der Waals surface area contributed by atoms with Crippen LogP contribution in [0.4, 0.5) is 5.69 Å². The van der Waals surface area contributed by atoms with Crippen LogP contribution >= 0.6 is 0 Å². The minimum Gasteiger partial charge on any atom is -0.339 e. The van der Waals surface area contributed by atoms with Gasteiger partial charge in [0.25, 0.3) is 10.0 Å². The maximum Gasteiger partial charge on any atom is 0.281 e. The molecule has 8 heteroatoms. The van der Waals surface area contributed by atoms with Crippen LogP contribution < -0.4 is 4.72 Å². The summed E-state index contributed by atoms with van der Waals surface area (Å²) in [6.45, 7) is 3.92. The molecule has 0 spiro atoms. The second kappa shape index (κ2) is 4.69. The average Bonchev–Trinajstić information content (AvgIpc) is 2.85. The third kappa shape index (κ3) is 2.78. The number of aromatic nitrogens is 4. The van der Waals surface area contributed by atoms with Gasteiger partial charge >= 0.3 is 0 Å². The van der Waals surface area contributed by atoms with Crippen molar-refractivity contribution in [2.75, 3.05) is 4.72 Å². The minimum atomic E-state index is -3.67. The molecule has 7 nitrogen and oxygen atoms in total. The van der Waals surface area contributed by atoms with Gasteiger partial charge in [-0.3, -0.25) is 9.40 Å². The Kier molecular flexibility index (Phi) is 3.36. The zero-order chi connectivity index (χ0) is 14.2. The predicted octanol–water partition coefficient (Wildman–Crippen LogP) is 1.08. The molecule has 0 saturated carbocycles. The summed E-state index contributed by atoms with van der Waals surface area (Å²) in [5, 5.41) is 4.25. The summed E-state index contributed by atoms with van der Waals surface area (Å²) in [5.41, 5.74) is 1.20. The Morgan fingerprint density at radius 2 is 1.95 bits per heavy atom. The van der Waals surface area contributed by atoms with E-state index in [0.29, 0.717) is 11.4 Å². The van der Waals surface area contributed by atoms with Crippen LogP contribution in [0.1, 0.15) is 25.5 Å². The number of hydrogen-bond donors (Lipinski definition) is 1. The van der Waals surface area contributed by atoms with Crippen LogP contribution in [0.15, 0.2) is 23.7 Å². The summed E-state index contributed by atoms with van der Waals surface area (Å²) in [6.07, 6.45) is 4.55. The Morgan fingerprint density at radius 3 is 2.47 bits per heavy atom. The summed E-state index contributed by atoms with van der Waals surface area (Å²) < 4.78 is 30.1. The summed E-state index contributed by atoms with van der Waals surface area (Å²) in [5.74, 6) is 0.127. The molecule has 104 valence electrons. The van der Waals surface area contributed by atoms with Crippen molar-refractivity contribution in [3.63, 3.8) is 0 Å². The van der Waals surface area contributed by atoms with Gasteiger partial charge in [0.2, 0.25) is 0 Å². The highest BCUT2D eigenvalue weighted by atomic mass is 32.2. The Morgan fingerprint density at radius 1 is 1.26 bits per heavy atom. The van der Waals surface area contributed by atoms with Crippen LogP contribution in [0.3, 0.4) is 0 Å². The quantitative estimate of drug-likeness (QED) is 0.910. The maximum atomic E-state index is 12.2. The number of nitrogens with zero attached hydrogens (tertiary/aromatic N) is 4. The van der Waals surface area contributed by atoms with Crippen molar-refractivity contribution in [1.29, 1.82) is 0 Å². The third-order valence-corrected chi connectivity index (χ3v) is 3.86. The van der Waals surface area contributed by atoms with E-state index in [9.17, 15) is 8.42 Å². The van der Waals surface area contributed by atoms with Crippen LogP contribution in [0.2, 0.25) is 0 Å². The second-order valence-corrected chi connectivity index (χ2v) is 6.37. The lowest BCUT2D eigenvalue weighted by molar-refractivity contribution is 0.598. The molecule has 0 aliphatic carbocycles. The first-order valence-electron chi connectivity index (χ1n) is 5.84. The van der Waals surface area contributed by atoms with Crippen molar-refractivity contribution < 1.29 is 8.42 Å². The van der Waals surface area contributed by atoms with Crippen molar-refractivity contribution in [2.45, 2.75) is 24.8 Å². The van der Waals surface area contributed by atoms with E-state index in [1.807, 2.05) is 13.8 Å². The van der Waals surface area contributed by atoms with Crippen molar-refractivity contribution in [3.8, 4) is 0 Å². The number of nitrogens with one attached hydrogen (secondary N) is 1. The molecule has 0 unspecified atom stereocenters. The van der Waals surface area contributed by atoms with E-state index in [-0.39, 0.29) is 10.9 Å². The molecule has 2 aromatic rings.